The van der Waals surface area contributed by atoms with Crippen molar-refractivity contribution >= 4 is 23.2 Å². The van der Waals surface area contributed by atoms with Crippen LogP contribution in [-0.4, -0.2) is 43.4 Å². The van der Waals surface area contributed by atoms with Crippen molar-refractivity contribution in [3.8, 4) is 0 Å². The summed E-state index contributed by atoms with van der Waals surface area (Å²) in [5, 5.41) is 9.46. The number of thiazole rings is 1. The van der Waals surface area contributed by atoms with Crippen LogP contribution in [0.5, 0.6) is 0 Å². The summed E-state index contributed by atoms with van der Waals surface area (Å²) in [6.45, 7) is 2.31. The zero-order chi connectivity index (χ0) is 15.7. The summed E-state index contributed by atoms with van der Waals surface area (Å²) in [6.07, 6.45) is 2.96. The molecule has 0 fully saturated rings. The van der Waals surface area contributed by atoms with Gasteiger partial charge in [0.2, 0.25) is 5.91 Å². The Balaban J connectivity index is 1.74. The van der Waals surface area contributed by atoms with E-state index in [1.54, 1.807) is 5.51 Å². The number of aliphatic carboxylic acids is 1. The first-order valence-corrected chi connectivity index (χ1v) is 7.89. The largest absolute Gasteiger partial charge is 0.479 e. The fourth-order valence-electron chi connectivity index (χ4n) is 2.73. The lowest BCUT2D eigenvalue weighted by molar-refractivity contribution is -0.151. The Morgan fingerprint density at radius 1 is 1.50 bits per heavy atom. The molecule has 2 aromatic heterocycles. The monoisotopic (exact) mass is 320 g/mol. The third-order valence-corrected chi connectivity index (χ3v) is 4.88. The molecule has 1 amide bonds. The van der Waals surface area contributed by atoms with Crippen molar-refractivity contribution in [2.24, 2.45) is 0 Å². The molecule has 0 aromatic carbocycles. The molecular formula is C14H16N4O3S. The summed E-state index contributed by atoms with van der Waals surface area (Å²) in [7, 11) is 0. The van der Waals surface area contributed by atoms with Gasteiger partial charge in [0.1, 0.15) is 0 Å². The first-order valence-electron chi connectivity index (χ1n) is 7.01. The van der Waals surface area contributed by atoms with E-state index in [1.807, 2.05) is 6.92 Å². The van der Waals surface area contributed by atoms with Crippen LogP contribution in [0, 0.1) is 6.92 Å². The van der Waals surface area contributed by atoms with Gasteiger partial charge in [-0.3, -0.25) is 4.79 Å². The number of aromatic amines is 1. The lowest BCUT2D eigenvalue weighted by Crippen LogP contribution is -2.43. The number of amides is 1. The molecule has 0 spiro atoms. The SMILES string of the molecule is Cc1ncsc1CCC(=O)N1CCc2[nH]cnc2[C@H]1C(=O)O. The molecule has 0 saturated carbocycles. The number of nitrogens with one attached hydrogen (secondary N) is 1. The summed E-state index contributed by atoms with van der Waals surface area (Å²) in [6, 6.07) is -0.995. The van der Waals surface area contributed by atoms with E-state index in [-0.39, 0.29) is 12.3 Å². The first-order chi connectivity index (χ1) is 10.6. The molecule has 2 aromatic rings. The molecule has 8 heteroatoms. The average Bonchev–Trinajstić information content (AvgIpc) is 3.11. The summed E-state index contributed by atoms with van der Waals surface area (Å²) < 4.78 is 0. The third-order valence-electron chi connectivity index (χ3n) is 3.89. The summed E-state index contributed by atoms with van der Waals surface area (Å²) in [5.74, 6) is -1.20. The third kappa shape index (κ3) is 2.61. The molecule has 3 rings (SSSR count). The van der Waals surface area contributed by atoms with Gasteiger partial charge in [0.05, 0.1) is 23.2 Å². The van der Waals surface area contributed by atoms with Gasteiger partial charge in [0.15, 0.2) is 6.04 Å². The molecule has 7 nitrogen and oxygen atoms in total. The van der Waals surface area contributed by atoms with E-state index in [9.17, 15) is 14.7 Å². The van der Waals surface area contributed by atoms with Gasteiger partial charge in [-0.15, -0.1) is 11.3 Å². The predicted octanol–water partition coefficient (Wildman–Crippen LogP) is 1.32. The molecular weight excluding hydrogens is 304 g/mol. The Morgan fingerprint density at radius 2 is 2.32 bits per heavy atom. The molecule has 0 unspecified atom stereocenters. The Morgan fingerprint density at radius 3 is 3.00 bits per heavy atom. The smallest absolute Gasteiger partial charge is 0.332 e. The molecule has 1 aliphatic heterocycles. The topological polar surface area (TPSA) is 99.2 Å². The molecule has 0 bridgehead atoms. The van der Waals surface area contributed by atoms with E-state index in [2.05, 4.69) is 15.0 Å². The molecule has 116 valence electrons. The molecule has 3 heterocycles. The van der Waals surface area contributed by atoms with Crippen LogP contribution in [0.2, 0.25) is 0 Å². The maximum atomic E-state index is 12.5. The number of imidazole rings is 1. The van der Waals surface area contributed by atoms with Gasteiger partial charge in [-0.05, 0) is 13.3 Å². The normalized spacial score (nSPS) is 17.3. The highest BCUT2D eigenvalue weighted by molar-refractivity contribution is 7.09. The zero-order valence-corrected chi connectivity index (χ0v) is 12.9. The molecule has 22 heavy (non-hydrogen) atoms. The number of rotatable bonds is 4. The summed E-state index contributed by atoms with van der Waals surface area (Å²) >= 11 is 1.52. The molecule has 1 atom stereocenters. The van der Waals surface area contributed by atoms with Crippen LogP contribution in [0.25, 0.3) is 0 Å². The van der Waals surface area contributed by atoms with Crippen molar-refractivity contribution < 1.29 is 14.7 Å². The van der Waals surface area contributed by atoms with E-state index in [4.69, 9.17) is 0 Å². The zero-order valence-electron chi connectivity index (χ0n) is 12.1. The van der Waals surface area contributed by atoms with Crippen molar-refractivity contribution in [1.82, 2.24) is 19.9 Å². The van der Waals surface area contributed by atoms with Gasteiger partial charge in [-0.25, -0.2) is 14.8 Å². The van der Waals surface area contributed by atoms with Gasteiger partial charge in [-0.2, -0.15) is 0 Å². The number of carbonyl (C=O) groups excluding carboxylic acids is 1. The number of H-pyrrole nitrogens is 1. The number of hydrogen-bond donors (Lipinski definition) is 2. The van der Waals surface area contributed by atoms with Crippen LogP contribution in [0.3, 0.4) is 0 Å². The predicted molar refractivity (Wildman–Crippen MR) is 79.6 cm³/mol. The van der Waals surface area contributed by atoms with Crippen molar-refractivity contribution in [3.05, 3.63) is 33.8 Å². The fraction of sp³-hybridized carbons (Fsp3) is 0.429. The number of aryl methyl sites for hydroxylation is 2. The number of hydrogen-bond acceptors (Lipinski definition) is 5. The standard InChI is InChI=1S/C14H16N4O3S/c1-8-10(22-7-17-8)2-3-11(19)18-5-4-9-12(16-6-15-9)13(18)14(20)21/h6-7,13H,2-5H2,1H3,(H,15,16)(H,20,21)/t13-/m0/s1. The van der Waals surface area contributed by atoms with E-state index in [0.29, 0.717) is 25.1 Å². The number of aromatic nitrogens is 3. The number of carboxylic acid groups (broad SMARTS) is 1. The van der Waals surface area contributed by atoms with Crippen molar-refractivity contribution in [1.29, 1.82) is 0 Å². The Hall–Kier alpha value is -2.22. The molecule has 1 aliphatic rings. The van der Waals surface area contributed by atoms with Crippen LogP contribution >= 0.6 is 11.3 Å². The van der Waals surface area contributed by atoms with Crippen LogP contribution in [-0.2, 0) is 22.4 Å². The Kier molecular flexibility index (Phi) is 3.93. The number of carboxylic acids is 1. The maximum absolute atomic E-state index is 12.5. The van der Waals surface area contributed by atoms with Crippen LogP contribution in [0.4, 0.5) is 0 Å². The molecule has 2 N–H and O–H groups in total. The van der Waals surface area contributed by atoms with E-state index < -0.39 is 12.0 Å². The minimum atomic E-state index is -1.05. The second-order valence-electron chi connectivity index (χ2n) is 5.21. The summed E-state index contributed by atoms with van der Waals surface area (Å²) in [5.41, 5.74) is 3.93. The second-order valence-corrected chi connectivity index (χ2v) is 6.14. The van der Waals surface area contributed by atoms with Gasteiger partial charge < -0.3 is 15.0 Å². The summed E-state index contributed by atoms with van der Waals surface area (Å²) in [4.78, 5) is 37.7. The van der Waals surface area contributed by atoms with Gasteiger partial charge in [0, 0.05) is 30.0 Å². The van der Waals surface area contributed by atoms with Gasteiger partial charge in [0.25, 0.3) is 0 Å². The van der Waals surface area contributed by atoms with Gasteiger partial charge >= 0.3 is 5.97 Å². The number of nitrogens with zero attached hydrogens (tertiary/aromatic N) is 3. The number of carbonyl (C=O) groups is 2. The van der Waals surface area contributed by atoms with E-state index >= 15 is 0 Å². The van der Waals surface area contributed by atoms with Crippen LogP contribution in [0.1, 0.15) is 34.4 Å². The fourth-order valence-corrected chi connectivity index (χ4v) is 3.51. The maximum Gasteiger partial charge on any atom is 0.332 e. The van der Waals surface area contributed by atoms with Crippen molar-refractivity contribution in [2.75, 3.05) is 6.54 Å². The lowest BCUT2D eigenvalue weighted by Gasteiger charge is -2.32. The average molecular weight is 320 g/mol. The second kappa shape index (κ2) is 5.88. The highest BCUT2D eigenvalue weighted by Crippen LogP contribution is 2.28. The van der Waals surface area contributed by atoms with Crippen molar-refractivity contribution in [3.63, 3.8) is 0 Å². The van der Waals surface area contributed by atoms with E-state index in [1.165, 1.54) is 22.6 Å². The lowest BCUT2D eigenvalue weighted by atomic mass is 10.0. The first kappa shape index (κ1) is 14.7. The minimum Gasteiger partial charge on any atom is -0.479 e. The quantitative estimate of drug-likeness (QED) is 0.885. The highest BCUT2D eigenvalue weighted by Gasteiger charge is 2.37. The van der Waals surface area contributed by atoms with Gasteiger partial charge in [-0.1, -0.05) is 0 Å². The van der Waals surface area contributed by atoms with Crippen molar-refractivity contribution in [2.45, 2.75) is 32.2 Å². The number of fused-ring (bicyclic) bond motifs is 1. The van der Waals surface area contributed by atoms with Crippen LogP contribution < -0.4 is 0 Å². The minimum absolute atomic E-state index is 0.158. The molecule has 0 saturated heterocycles. The Bertz CT molecular complexity index is 709. The highest BCUT2D eigenvalue weighted by atomic mass is 32.1. The van der Waals surface area contributed by atoms with E-state index in [0.717, 1.165) is 16.3 Å². The molecule has 0 aliphatic carbocycles. The Labute approximate surface area is 131 Å². The molecule has 0 radical (unpaired) electrons. The van der Waals surface area contributed by atoms with Crippen LogP contribution in [0.15, 0.2) is 11.8 Å².